The SMILES string of the molecule is F[B-](F)(F)CNC1CCC1. The Morgan fingerprint density at radius 3 is 2.20 bits per heavy atom. The lowest BCUT2D eigenvalue weighted by Crippen LogP contribution is -2.43. The predicted octanol–water partition coefficient (Wildman–Crippen LogP) is 1.52. The standard InChI is InChI=1S/C5H10BF3N/c7-6(8,9)4-10-5-2-1-3-5/h5,10H,1-4H2/q-1. The Morgan fingerprint density at radius 2 is 1.90 bits per heavy atom. The normalized spacial score (nSPS) is 20.7. The van der Waals surface area contributed by atoms with Gasteiger partial charge in [0.15, 0.2) is 0 Å². The fourth-order valence-corrected chi connectivity index (χ4v) is 0.913. The quantitative estimate of drug-likeness (QED) is 0.604. The predicted molar refractivity (Wildman–Crippen MR) is 34.7 cm³/mol. The van der Waals surface area contributed by atoms with Crippen molar-refractivity contribution in [1.82, 2.24) is 5.32 Å². The molecule has 0 aromatic heterocycles. The van der Waals surface area contributed by atoms with Crippen LogP contribution in [-0.2, 0) is 0 Å². The lowest BCUT2D eigenvalue weighted by atomic mass is 9.87. The average molecular weight is 152 g/mol. The summed E-state index contributed by atoms with van der Waals surface area (Å²) in [6.45, 7) is -4.62. The zero-order valence-corrected chi connectivity index (χ0v) is 5.62. The largest absolute Gasteiger partial charge is 0.491 e. The summed E-state index contributed by atoms with van der Waals surface area (Å²) in [7, 11) is 0. The molecule has 1 aliphatic carbocycles. The molecule has 0 saturated heterocycles. The Bertz CT molecular complexity index is 110. The Hall–Kier alpha value is -0.185. The molecule has 0 amide bonds. The molecule has 0 aromatic rings. The molecule has 1 N–H and O–H groups in total. The van der Waals surface area contributed by atoms with Crippen molar-refractivity contribution in [2.45, 2.75) is 25.3 Å². The summed E-state index contributed by atoms with van der Waals surface area (Å²) in [5.41, 5.74) is 0. The fraction of sp³-hybridized carbons (Fsp3) is 1.00. The molecule has 0 bridgehead atoms. The van der Waals surface area contributed by atoms with Crippen LogP contribution in [0.1, 0.15) is 19.3 Å². The van der Waals surface area contributed by atoms with Gasteiger partial charge in [0.05, 0.1) is 0 Å². The number of rotatable bonds is 3. The Kier molecular flexibility index (Phi) is 2.23. The number of halogens is 3. The molecule has 0 aromatic carbocycles. The van der Waals surface area contributed by atoms with E-state index in [2.05, 4.69) is 5.32 Å². The van der Waals surface area contributed by atoms with Gasteiger partial charge in [0.2, 0.25) is 0 Å². The van der Waals surface area contributed by atoms with Gasteiger partial charge in [-0.2, -0.15) is 0 Å². The average Bonchev–Trinajstić information content (AvgIpc) is 1.56. The van der Waals surface area contributed by atoms with E-state index in [-0.39, 0.29) is 6.04 Å². The number of hydrogen-bond donors (Lipinski definition) is 1. The molecule has 0 atom stereocenters. The highest BCUT2D eigenvalue weighted by Crippen LogP contribution is 2.18. The zero-order chi connectivity index (χ0) is 7.61. The highest BCUT2D eigenvalue weighted by molar-refractivity contribution is 6.58. The molecule has 10 heavy (non-hydrogen) atoms. The van der Waals surface area contributed by atoms with Crippen molar-refractivity contribution in [3.63, 3.8) is 0 Å². The summed E-state index contributed by atoms with van der Waals surface area (Å²) in [6, 6.07) is 0.142. The monoisotopic (exact) mass is 152 g/mol. The molecule has 0 spiro atoms. The lowest BCUT2D eigenvalue weighted by Gasteiger charge is -2.29. The summed E-state index contributed by atoms with van der Waals surface area (Å²) in [6.07, 6.45) is 2.12. The Labute approximate surface area is 58.0 Å². The smallest absolute Gasteiger partial charge is 0.448 e. The summed E-state index contributed by atoms with van der Waals surface area (Å²) in [5, 5.41) is 2.46. The van der Waals surface area contributed by atoms with Gasteiger partial charge in [-0.25, -0.2) is 0 Å². The van der Waals surface area contributed by atoms with Crippen molar-refractivity contribution in [2.75, 3.05) is 6.44 Å². The van der Waals surface area contributed by atoms with Gasteiger partial charge in [-0.3, -0.25) is 0 Å². The van der Waals surface area contributed by atoms with Crippen molar-refractivity contribution in [1.29, 1.82) is 0 Å². The van der Waals surface area contributed by atoms with Crippen LogP contribution in [0.25, 0.3) is 0 Å². The second-order valence-corrected chi connectivity index (χ2v) is 2.75. The van der Waals surface area contributed by atoms with Crippen LogP contribution in [-0.4, -0.2) is 19.5 Å². The van der Waals surface area contributed by atoms with E-state index in [4.69, 9.17) is 0 Å². The van der Waals surface area contributed by atoms with Crippen LogP contribution in [0, 0.1) is 0 Å². The number of nitrogens with one attached hydrogen (secondary N) is 1. The summed E-state index contributed by atoms with van der Waals surface area (Å²) < 4.78 is 34.7. The third-order valence-corrected chi connectivity index (χ3v) is 1.74. The summed E-state index contributed by atoms with van der Waals surface area (Å²) in [4.78, 5) is 0. The fourth-order valence-electron chi connectivity index (χ4n) is 0.913. The van der Waals surface area contributed by atoms with Crippen LogP contribution in [0.3, 0.4) is 0 Å². The molecule has 5 heteroatoms. The minimum Gasteiger partial charge on any atom is -0.448 e. The highest BCUT2D eigenvalue weighted by Gasteiger charge is 2.25. The molecule has 1 saturated carbocycles. The van der Waals surface area contributed by atoms with Crippen molar-refractivity contribution in [3.8, 4) is 0 Å². The van der Waals surface area contributed by atoms with Gasteiger partial charge in [0.1, 0.15) is 0 Å². The number of hydrogen-bond acceptors (Lipinski definition) is 1. The zero-order valence-electron chi connectivity index (χ0n) is 5.62. The Balaban J connectivity index is 2.04. The first-order valence-electron chi connectivity index (χ1n) is 3.52. The van der Waals surface area contributed by atoms with E-state index >= 15 is 0 Å². The molecule has 1 nitrogen and oxygen atoms in total. The summed E-state index contributed by atoms with van der Waals surface area (Å²) in [5.74, 6) is 0. The second-order valence-electron chi connectivity index (χ2n) is 2.75. The maximum Gasteiger partial charge on any atom is 0.491 e. The maximum absolute atomic E-state index is 11.6. The molecule has 0 unspecified atom stereocenters. The van der Waals surface area contributed by atoms with Gasteiger partial charge in [0.25, 0.3) is 0 Å². The first-order valence-corrected chi connectivity index (χ1v) is 3.52. The highest BCUT2D eigenvalue weighted by atomic mass is 19.4. The van der Waals surface area contributed by atoms with Gasteiger partial charge < -0.3 is 18.3 Å². The first kappa shape index (κ1) is 7.92. The van der Waals surface area contributed by atoms with E-state index in [9.17, 15) is 12.9 Å². The van der Waals surface area contributed by atoms with Crippen LogP contribution in [0.4, 0.5) is 12.9 Å². The van der Waals surface area contributed by atoms with E-state index in [0.29, 0.717) is 0 Å². The van der Waals surface area contributed by atoms with Crippen LogP contribution >= 0.6 is 0 Å². The minimum absolute atomic E-state index is 0.142. The van der Waals surface area contributed by atoms with Gasteiger partial charge in [-0.15, -0.1) is 0 Å². The van der Waals surface area contributed by atoms with Crippen molar-refractivity contribution in [2.24, 2.45) is 0 Å². The van der Waals surface area contributed by atoms with E-state index in [1.165, 1.54) is 0 Å². The van der Waals surface area contributed by atoms with E-state index in [1.54, 1.807) is 0 Å². The third-order valence-electron chi connectivity index (χ3n) is 1.74. The topological polar surface area (TPSA) is 12.0 Å². The van der Waals surface area contributed by atoms with Crippen molar-refractivity contribution < 1.29 is 12.9 Å². The van der Waals surface area contributed by atoms with E-state index in [0.717, 1.165) is 19.3 Å². The van der Waals surface area contributed by atoms with Gasteiger partial charge in [-0.1, -0.05) is 6.42 Å². The lowest BCUT2D eigenvalue weighted by molar-refractivity contribution is 0.337. The second kappa shape index (κ2) is 2.82. The van der Waals surface area contributed by atoms with Crippen LogP contribution in [0.5, 0.6) is 0 Å². The maximum atomic E-state index is 11.6. The van der Waals surface area contributed by atoms with Crippen LogP contribution < -0.4 is 5.32 Å². The molecule has 1 fully saturated rings. The van der Waals surface area contributed by atoms with Crippen molar-refractivity contribution in [3.05, 3.63) is 0 Å². The molecule has 60 valence electrons. The van der Waals surface area contributed by atoms with Crippen LogP contribution in [0.15, 0.2) is 0 Å². The first-order chi connectivity index (χ1) is 4.58. The Morgan fingerprint density at radius 1 is 1.30 bits per heavy atom. The van der Waals surface area contributed by atoms with Gasteiger partial charge in [-0.05, 0) is 19.3 Å². The summed E-state index contributed by atoms with van der Waals surface area (Å²) >= 11 is 0. The van der Waals surface area contributed by atoms with Gasteiger partial charge in [0, 0.05) is 6.04 Å². The molecule has 1 aliphatic rings. The molecule has 0 aliphatic heterocycles. The third kappa shape index (κ3) is 2.60. The van der Waals surface area contributed by atoms with Gasteiger partial charge >= 0.3 is 6.98 Å². The molecular weight excluding hydrogens is 142 g/mol. The molecule has 1 rings (SSSR count). The molecule has 0 radical (unpaired) electrons. The van der Waals surface area contributed by atoms with E-state index in [1.807, 2.05) is 0 Å². The van der Waals surface area contributed by atoms with Crippen LogP contribution in [0.2, 0.25) is 0 Å². The van der Waals surface area contributed by atoms with Crippen molar-refractivity contribution >= 4 is 6.98 Å². The van der Waals surface area contributed by atoms with E-state index < -0.39 is 13.4 Å². The molecule has 0 heterocycles. The minimum atomic E-state index is -4.62. The molecular formula is C5H10BF3N-.